The summed E-state index contributed by atoms with van der Waals surface area (Å²) in [5.41, 5.74) is 10.5. The third kappa shape index (κ3) is 8.72. The first kappa shape index (κ1) is 29.0. The molecule has 2 nitrogen and oxygen atoms in total. The van der Waals surface area contributed by atoms with Gasteiger partial charge in [0.2, 0.25) is 0 Å². The molecule has 3 rings (SSSR count). The second-order valence-electron chi connectivity index (χ2n) is 11.5. The predicted octanol–water partition coefficient (Wildman–Crippen LogP) is 5.06. The summed E-state index contributed by atoms with van der Waals surface area (Å²) in [6.45, 7) is 20.1. The fourth-order valence-electron chi connectivity index (χ4n) is 3.08. The van der Waals surface area contributed by atoms with Crippen LogP contribution in [0.4, 0.5) is 0 Å². The normalized spacial score (nSPS) is 13.6. The minimum absolute atomic E-state index is 0. The molecule has 0 N–H and O–H groups in total. The second-order valence-corrected chi connectivity index (χ2v) is 22.8. The van der Waals surface area contributed by atoms with E-state index in [4.69, 9.17) is 0 Å². The van der Waals surface area contributed by atoms with Crippen molar-refractivity contribution in [3.05, 3.63) is 45.8 Å². The Morgan fingerprint density at radius 3 is 1.97 bits per heavy atom. The molecule has 0 aromatic heterocycles. The average molecular weight is 514 g/mol. The summed E-state index contributed by atoms with van der Waals surface area (Å²) in [6, 6.07) is 5.10. The van der Waals surface area contributed by atoms with Crippen molar-refractivity contribution >= 4 is 48.8 Å². The molecule has 0 aliphatic heterocycles. The van der Waals surface area contributed by atoms with Crippen LogP contribution in [0.15, 0.2) is 24.3 Å². The van der Waals surface area contributed by atoms with E-state index in [1.54, 1.807) is 0 Å². The van der Waals surface area contributed by atoms with Crippen molar-refractivity contribution in [2.75, 3.05) is 7.05 Å². The molecule has 1 aromatic rings. The summed E-state index contributed by atoms with van der Waals surface area (Å²) in [5.74, 6) is 0. The number of rotatable bonds is 3. The molecule has 0 fully saturated rings. The third-order valence-corrected chi connectivity index (χ3v) is 9.25. The van der Waals surface area contributed by atoms with Gasteiger partial charge in [0.25, 0.3) is 0 Å². The van der Waals surface area contributed by atoms with Crippen LogP contribution in [0.5, 0.6) is 0 Å². The fraction of sp³-hybridized carbons (Fsp3) is 0.462. The maximum Gasteiger partial charge on any atom is 2.00 e. The van der Waals surface area contributed by atoms with E-state index in [1.807, 2.05) is 11.6 Å². The number of hydrogen-bond donors (Lipinski definition) is 0. The first-order valence-corrected chi connectivity index (χ1v) is 19.7. The molecular formula is C26H39NOSi3Ti+2. The van der Waals surface area contributed by atoms with E-state index >= 15 is 0 Å². The van der Waals surface area contributed by atoms with Crippen molar-refractivity contribution in [2.45, 2.75) is 71.6 Å². The van der Waals surface area contributed by atoms with Gasteiger partial charge in [-0.1, -0.05) is 69.7 Å². The summed E-state index contributed by atoms with van der Waals surface area (Å²) >= 11 is 0. The number of allylic oxidation sites excluding steroid dienone is 3. The average Bonchev–Trinajstić information content (AvgIpc) is 3.22. The van der Waals surface area contributed by atoms with Gasteiger partial charge in [-0.25, -0.2) is 0 Å². The summed E-state index contributed by atoms with van der Waals surface area (Å²) in [4.78, 5) is 0. The van der Waals surface area contributed by atoms with Gasteiger partial charge >= 0.3 is 30.6 Å². The molecule has 6 heteroatoms. The van der Waals surface area contributed by atoms with Gasteiger partial charge in [-0.2, -0.15) is 0 Å². The monoisotopic (exact) mass is 513 g/mol. The fourth-order valence-corrected chi connectivity index (χ4v) is 7.70. The number of nitrogens with zero attached hydrogens (tertiary/aromatic N) is 1. The maximum absolute atomic E-state index is 12.6. The molecule has 0 saturated carbocycles. The van der Waals surface area contributed by atoms with Crippen LogP contribution in [-0.4, -0.2) is 42.1 Å². The van der Waals surface area contributed by atoms with Crippen LogP contribution >= 0.6 is 0 Å². The van der Waals surface area contributed by atoms with Gasteiger partial charge in [-0.3, -0.25) is 0 Å². The third-order valence-electron chi connectivity index (χ3n) is 5.15. The van der Waals surface area contributed by atoms with Gasteiger partial charge in [0.15, 0.2) is 0 Å². The minimum Gasteiger partial charge on any atom is -0.375 e. The van der Waals surface area contributed by atoms with Crippen molar-refractivity contribution < 1.29 is 26.2 Å². The Balaban J connectivity index is 0.000000400. The Labute approximate surface area is 214 Å². The second kappa shape index (κ2) is 10.9. The van der Waals surface area contributed by atoms with Gasteiger partial charge in [-0.05, 0) is 60.0 Å². The Bertz CT molecular complexity index is 1080. The van der Waals surface area contributed by atoms with Crippen LogP contribution < -0.4 is 10.4 Å². The molecule has 1 aromatic carbocycles. The SMILES string of the molecule is CN([Si](=O)CC1=CC=c2cc3c(cc21)=CC=C3)C(C)(C)C.C[Si](C)(C)C#C[Si](C)(C)C.[Ti+2]. The molecule has 0 radical (unpaired) electrons. The smallest absolute Gasteiger partial charge is 0.375 e. The van der Waals surface area contributed by atoms with E-state index in [0.29, 0.717) is 6.04 Å². The number of hydrogen-bond acceptors (Lipinski definition) is 1. The standard InChI is InChI=1S/C18H21NOSi.C8H18Si2.Ti/c1-18(2,3)19(4)21(20)12-16-9-8-15-10-13-6-5-7-14(13)11-17(15)16;1-9(2,3)7-8-10(4,5)6;/h5-11H,12H2,1-4H3;1-6H3;/q;;+2. The summed E-state index contributed by atoms with van der Waals surface area (Å²) in [6.07, 6.45) is 10.6. The largest absolute Gasteiger partial charge is 2.00 e. The van der Waals surface area contributed by atoms with Crippen LogP contribution in [0.2, 0.25) is 45.3 Å². The van der Waals surface area contributed by atoms with E-state index < -0.39 is 25.0 Å². The first-order chi connectivity index (χ1) is 14.1. The number of fused-ring (bicyclic) bond motifs is 2. The molecule has 0 unspecified atom stereocenters. The zero-order chi connectivity index (χ0) is 23.6. The van der Waals surface area contributed by atoms with E-state index in [-0.39, 0.29) is 27.3 Å². The quantitative estimate of drug-likeness (QED) is 0.416. The molecule has 0 amide bonds. The summed E-state index contributed by atoms with van der Waals surface area (Å²) < 4.78 is 14.6. The Morgan fingerprint density at radius 1 is 0.906 bits per heavy atom. The Morgan fingerprint density at radius 2 is 1.47 bits per heavy atom. The van der Waals surface area contributed by atoms with Gasteiger partial charge < -0.3 is 9.03 Å². The van der Waals surface area contributed by atoms with E-state index in [0.717, 1.165) is 0 Å². The van der Waals surface area contributed by atoms with E-state index in [9.17, 15) is 4.46 Å². The van der Waals surface area contributed by atoms with Crippen molar-refractivity contribution in [1.29, 1.82) is 0 Å². The summed E-state index contributed by atoms with van der Waals surface area (Å²) in [5, 5.41) is 2.51. The van der Waals surface area contributed by atoms with E-state index in [1.165, 1.54) is 27.1 Å². The topological polar surface area (TPSA) is 20.3 Å². The van der Waals surface area contributed by atoms with Crippen LogP contribution in [0.1, 0.15) is 31.9 Å². The van der Waals surface area contributed by atoms with Crippen LogP contribution in [0.3, 0.4) is 0 Å². The molecule has 168 valence electrons. The minimum atomic E-state index is -1.79. The van der Waals surface area contributed by atoms with Crippen molar-refractivity contribution in [3.63, 3.8) is 0 Å². The predicted molar refractivity (Wildman–Crippen MR) is 145 cm³/mol. The summed E-state index contributed by atoms with van der Waals surface area (Å²) in [7, 11) is -2.02. The molecular weight excluding hydrogens is 474 g/mol. The van der Waals surface area contributed by atoms with Crippen LogP contribution in [-0.2, 0) is 26.2 Å². The van der Waals surface area contributed by atoms with Crippen LogP contribution in [0.25, 0.3) is 23.8 Å². The van der Waals surface area contributed by atoms with Gasteiger partial charge in [-0.15, -0.1) is 11.1 Å². The zero-order valence-electron chi connectivity index (χ0n) is 21.6. The van der Waals surface area contributed by atoms with Gasteiger partial charge in [0.05, 0.1) is 0 Å². The van der Waals surface area contributed by atoms with E-state index in [2.05, 4.69) is 114 Å². The molecule has 0 bridgehead atoms. The first-order valence-electron chi connectivity index (χ1n) is 11.1. The van der Waals surface area contributed by atoms with Crippen LogP contribution in [0, 0.1) is 11.1 Å². The number of benzene rings is 1. The Hall–Kier alpha value is -1.04. The molecule has 0 atom stereocenters. The molecule has 2 aliphatic rings. The van der Waals surface area contributed by atoms with Crippen molar-refractivity contribution in [1.82, 2.24) is 4.57 Å². The van der Waals surface area contributed by atoms with Gasteiger partial charge in [0, 0.05) is 18.6 Å². The molecule has 2 aliphatic carbocycles. The zero-order valence-corrected chi connectivity index (χ0v) is 26.2. The molecule has 0 saturated heterocycles. The molecule has 0 spiro atoms. The molecule has 0 heterocycles. The maximum atomic E-state index is 12.6. The van der Waals surface area contributed by atoms with Gasteiger partial charge in [0.1, 0.15) is 16.1 Å². The van der Waals surface area contributed by atoms with Crippen molar-refractivity contribution in [3.8, 4) is 11.1 Å². The molecule has 32 heavy (non-hydrogen) atoms. The Kier molecular flexibility index (Phi) is 9.90. The van der Waals surface area contributed by atoms with Crippen molar-refractivity contribution in [2.24, 2.45) is 0 Å².